The number of aryl methyl sites for hydroxylation is 1. The zero-order valence-corrected chi connectivity index (χ0v) is 45.3. The molecule has 2 heterocycles. The van der Waals surface area contributed by atoms with E-state index in [2.05, 4.69) is 267 Å². The molecular weight excluding hydrogens is 853 g/mol. The molecule has 0 N–H and O–H groups in total. The standard InChI is InChI=1S/C65H78N4O/c1-43-34-47(36-53(35-43)70-52-29-30-54-55-40-48(61(6,7)8)28-31-56(55)68(57(54)41-52)42-66-33-32-44(2)60(3,4)5)59-67-64(15,16)65(17,58(45-24-20-18-21-25-45)46-26-22-19-23-27-46)69(59)51-38-49(62(9,10)11)37-50(39-51)63(12,13)14/h18-41,58H,42H2,1-17H3/b44-32+,66-33-/t65-/m0/s1. The van der Waals surface area contributed by atoms with E-state index in [-0.39, 0.29) is 27.6 Å². The maximum absolute atomic E-state index is 7.01. The second kappa shape index (κ2) is 18.2. The first-order valence-electron chi connectivity index (χ1n) is 25.4. The Kier molecular flexibility index (Phi) is 13.1. The van der Waals surface area contributed by atoms with Crippen molar-refractivity contribution >= 4 is 39.5 Å². The van der Waals surface area contributed by atoms with E-state index < -0.39 is 11.1 Å². The highest BCUT2D eigenvalue weighted by Gasteiger charge is 2.58. The summed E-state index contributed by atoms with van der Waals surface area (Å²) in [7, 11) is 0. The molecule has 0 unspecified atom stereocenters. The fraction of sp³-hybridized carbons (Fsp3) is 0.385. The van der Waals surface area contributed by atoms with Crippen LogP contribution in [-0.2, 0) is 22.9 Å². The van der Waals surface area contributed by atoms with Gasteiger partial charge in [-0.15, -0.1) is 0 Å². The van der Waals surface area contributed by atoms with E-state index in [9.17, 15) is 0 Å². The van der Waals surface area contributed by atoms with Gasteiger partial charge in [0.15, 0.2) is 0 Å². The van der Waals surface area contributed by atoms with Gasteiger partial charge in [0.1, 0.15) is 24.0 Å². The van der Waals surface area contributed by atoms with Crippen LogP contribution in [0.1, 0.15) is 156 Å². The highest BCUT2D eigenvalue weighted by Crippen LogP contribution is 2.53. The number of benzene rings is 6. The first-order valence-corrected chi connectivity index (χ1v) is 25.4. The zero-order valence-electron chi connectivity index (χ0n) is 45.3. The third-order valence-electron chi connectivity index (χ3n) is 15.1. The van der Waals surface area contributed by atoms with Crippen molar-refractivity contribution in [3.05, 3.63) is 184 Å². The second-order valence-corrected chi connectivity index (χ2v) is 24.8. The highest BCUT2D eigenvalue weighted by molar-refractivity contribution is 6.14. The lowest BCUT2D eigenvalue weighted by atomic mass is 9.66. The van der Waals surface area contributed by atoms with Crippen molar-refractivity contribution < 1.29 is 4.74 Å². The van der Waals surface area contributed by atoms with Crippen molar-refractivity contribution in [2.24, 2.45) is 15.4 Å². The quantitative estimate of drug-likeness (QED) is 0.128. The molecule has 5 heteroatoms. The summed E-state index contributed by atoms with van der Waals surface area (Å²) < 4.78 is 9.34. The molecule has 0 saturated heterocycles. The molecule has 0 saturated carbocycles. The summed E-state index contributed by atoms with van der Waals surface area (Å²) in [6, 6.07) is 49.4. The molecule has 8 rings (SSSR count). The predicted octanol–water partition coefficient (Wildman–Crippen LogP) is 17.4. The Morgan fingerprint density at radius 3 is 1.76 bits per heavy atom. The van der Waals surface area contributed by atoms with Crippen LogP contribution < -0.4 is 9.64 Å². The fourth-order valence-corrected chi connectivity index (χ4v) is 10.1. The SMILES string of the molecule is C/C(=C\C=N/Cn1c2ccc(C(C)(C)C)cc2c2ccc(Oc3cc(C)cc(C4=NC(C)(C)[C@](C)(C(c5ccccc5)c5ccccc5)N4c4cc(C(C)(C)C)cc(C(C)(C)C)c4)c3)cc21)C(C)(C)C. The Hall–Kier alpha value is -6.20. The molecular formula is C65H78N4O. The van der Waals surface area contributed by atoms with E-state index in [1.807, 2.05) is 6.21 Å². The van der Waals surface area contributed by atoms with Crippen LogP contribution in [0.5, 0.6) is 11.5 Å². The number of aromatic nitrogens is 1. The number of hydrogen-bond donors (Lipinski definition) is 0. The fourth-order valence-electron chi connectivity index (χ4n) is 10.1. The van der Waals surface area contributed by atoms with Gasteiger partial charge in [0, 0.05) is 40.2 Å². The third kappa shape index (κ3) is 9.78. The van der Waals surface area contributed by atoms with Gasteiger partial charge in [0.05, 0.1) is 22.1 Å². The summed E-state index contributed by atoms with van der Waals surface area (Å²) in [4.78, 5) is 13.4. The average molecular weight is 931 g/mol. The van der Waals surface area contributed by atoms with Gasteiger partial charge in [-0.3, -0.25) is 9.98 Å². The van der Waals surface area contributed by atoms with Gasteiger partial charge in [-0.05, 0) is 150 Å². The van der Waals surface area contributed by atoms with Crippen molar-refractivity contribution in [1.29, 1.82) is 0 Å². The molecule has 0 amide bonds. The lowest BCUT2D eigenvalue weighted by Crippen LogP contribution is -2.60. The van der Waals surface area contributed by atoms with Gasteiger partial charge < -0.3 is 14.2 Å². The summed E-state index contributed by atoms with van der Waals surface area (Å²) in [5, 5.41) is 2.41. The van der Waals surface area contributed by atoms with Gasteiger partial charge in [-0.2, -0.15) is 0 Å². The number of anilines is 1. The third-order valence-corrected chi connectivity index (χ3v) is 15.1. The number of nitrogens with zero attached hydrogens (tertiary/aromatic N) is 4. The Balaban J connectivity index is 1.29. The molecule has 1 aromatic heterocycles. The van der Waals surface area contributed by atoms with Crippen molar-refractivity contribution in [2.45, 2.75) is 158 Å². The number of ether oxygens (including phenoxy) is 1. The molecule has 0 radical (unpaired) electrons. The molecule has 0 bridgehead atoms. The lowest BCUT2D eigenvalue weighted by Gasteiger charge is -2.50. The van der Waals surface area contributed by atoms with Crippen molar-refractivity contribution in [1.82, 2.24) is 4.57 Å². The van der Waals surface area contributed by atoms with Gasteiger partial charge in [0.25, 0.3) is 0 Å². The van der Waals surface area contributed by atoms with E-state index in [0.717, 1.165) is 45.2 Å². The zero-order chi connectivity index (χ0) is 50.8. The Bertz CT molecular complexity index is 3070. The smallest absolute Gasteiger partial charge is 0.136 e. The molecule has 0 spiro atoms. The van der Waals surface area contributed by atoms with Crippen LogP contribution in [0.4, 0.5) is 5.69 Å². The number of aliphatic imine (C=N–C) groups is 2. The maximum Gasteiger partial charge on any atom is 0.136 e. The first kappa shape index (κ1) is 50.2. The molecule has 1 aliphatic heterocycles. The maximum atomic E-state index is 7.01. The van der Waals surface area contributed by atoms with Gasteiger partial charge in [-0.25, -0.2) is 0 Å². The van der Waals surface area contributed by atoms with E-state index >= 15 is 0 Å². The number of allylic oxidation sites excluding steroid dienone is 2. The Labute approximate surface area is 420 Å². The summed E-state index contributed by atoms with van der Waals surface area (Å²) >= 11 is 0. The largest absolute Gasteiger partial charge is 0.457 e. The van der Waals surface area contributed by atoms with Crippen LogP contribution in [-0.4, -0.2) is 27.7 Å². The monoisotopic (exact) mass is 931 g/mol. The van der Waals surface area contributed by atoms with Crippen LogP contribution in [0.2, 0.25) is 0 Å². The molecule has 0 fully saturated rings. The van der Waals surface area contributed by atoms with Crippen molar-refractivity contribution in [3.63, 3.8) is 0 Å². The highest BCUT2D eigenvalue weighted by atomic mass is 16.5. The van der Waals surface area contributed by atoms with Crippen LogP contribution in [0.3, 0.4) is 0 Å². The number of fused-ring (bicyclic) bond motifs is 3. The molecule has 1 aliphatic rings. The number of amidine groups is 1. The van der Waals surface area contributed by atoms with Crippen LogP contribution in [0.15, 0.2) is 155 Å². The molecule has 6 aromatic carbocycles. The first-order chi connectivity index (χ1) is 32.7. The topological polar surface area (TPSA) is 42.1 Å². The van der Waals surface area contributed by atoms with E-state index in [0.29, 0.717) is 6.67 Å². The number of hydrogen-bond acceptors (Lipinski definition) is 4. The van der Waals surface area contributed by atoms with Crippen LogP contribution in [0.25, 0.3) is 21.8 Å². The van der Waals surface area contributed by atoms with E-state index in [4.69, 9.17) is 14.7 Å². The van der Waals surface area contributed by atoms with E-state index in [1.54, 1.807) is 0 Å². The van der Waals surface area contributed by atoms with Gasteiger partial charge in [-0.1, -0.05) is 161 Å². The molecule has 364 valence electrons. The minimum Gasteiger partial charge on any atom is -0.457 e. The summed E-state index contributed by atoms with van der Waals surface area (Å²) in [6.07, 6.45) is 4.10. The molecule has 5 nitrogen and oxygen atoms in total. The minimum absolute atomic E-state index is 0.0160. The molecule has 1 atom stereocenters. The van der Waals surface area contributed by atoms with Gasteiger partial charge in [0.2, 0.25) is 0 Å². The number of rotatable bonds is 10. The lowest BCUT2D eigenvalue weighted by molar-refractivity contribution is 0.279. The predicted molar refractivity (Wildman–Crippen MR) is 301 cm³/mol. The second-order valence-electron chi connectivity index (χ2n) is 24.8. The molecule has 70 heavy (non-hydrogen) atoms. The van der Waals surface area contributed by atoms with Crippen LogP contribution >= 0.6 is 0 Å². The molecule has 0 aliphatic carbocycles. The van der Waals surface area contributed by atoms with Crippen molar-refractivity contribution in [2.75, 3.05) is 4.90 Å². The summed E-state index contributed by atoms with van der Waals surface area (Å²) in [5.41, 5.74) is 12.0. The van der Waals surface area contributed by atoms with Crippen LogP contribution in [0, 0.1) is 12.3 Å². The van der Waals surface area contributed by atoms with Gasteiger partial charge >= 0.3 is 0 Å². The Morgan fingerprint density at radius 2 is 1.20 bits per heavy atom. The van der Waals surface area contributed by atoms with Crippen molar-refractivity contribution in [3.8, 4) is 11.5 Å². The minimum atomic E-state index is -0.573. The Morgan fingerprint density at radius 1 is 0.614 bits per heavy atom. The summed E-state index contributed by atoms with van der Waals surface area (Å²) in [6.45, 7) is 39.4. The summed E-state index contributed by atoms with van der Waals surface area (Å²) in [5.74, 6) is 2.43. The average Bonchev–Trinajstić information content (AvgIpc) is 3.70. The molecule has 7 aromatic rings. The normalized spacial score (nSPS) is 17.1. The van der Waals surface area contributed by atoms with E-state index in [1.165, 1.54) is 44.2 Å².